The van der Waals surface area contributed by atoms with Gasteiger partial charge in [-0.1, -0.05) is 29.5 Å². The SMILES string of the molecule is Cc1ccc(-c2nnc(SCCNS(C)(=O)=O)o2)c(C)c1. The van der Waals surface area contributed by atoms with Gasteiger partial charge in [0.15, 0.2) is 0 Å². The van der Waals surface area contributed by atoms with Crippen molar-refractivity contribution in [3.05, 3.63) is 29.3 Å². The van der Waals surface area contributed by atoms with Crippen molar-refractivity contribution >= 4 is 21.8 Å². The molecule has 6 nitrogen and oxygen atoms in total. The van der Waals surface area contributed by atoms with Crippen LogP contribution in [0, 0.1) is 13.8 Å². The Balaban J connectivity index is 1.98. The Labute approximate surface area is 128 Å². The molecule has 1 aromatic carbocycles. The molecular weight excluding hydrogens is 310 g/mol. The highest BCUT2D eigenvalue weighted by Gasteiger charge is 2.11. The highest BCUT2D eigenvalue weighted by atomic mass is 32.2. The summed E-state index contributed by atoms with van der Waals surface area (Å²) in [6.07, 6.45) is 1.13. The van der Waals surface area contributed by atoms with E-state index in [0.29, 0.717) is 23.4 Å². The summed E-state index contributed by atoms with van der Waals surface area (Å²) in [7, 11) is -3.16. The van der Waals surface area contributed by atoms with Crippen molar-refractivity contribution in [2.75, 3.05) is 18.6 Å². The quantitative estimate of drug-likeness (QED) is 0.645. The Kier molecular flexibility index (Phi) is 5.02. The van der Waals surface area contributed by atoms with Gasteiger partial charge < -0.3 is 4.42 Å². The van der Waals surface area contributed by atoms with Crippen molar-refractivity contribution in [3.63, 3.8) is 0 Å². The molecule has 0 bridgehead atoms. The van der Waals surface area contributed by atoms with Crippen LogP contribution in [0.1, 0.15) is 11.1 Å². The van der Waals surface area contributed by atoms with Gasteiger partial charge in [0.25, 0.3) is 5.22 Å². The van der Waals surface area contributed by atoms with Gasteiger partial charge in [0.2, 0.25) is 15.9 Å². The first-order chi connectivity index (χ1) is 9.85. The van der Waals surface area contributed by atoms with Gasteiger partial charge >= 0.3 is 0 Å². The number of nitrogens with one attached hydrogen (secondary N) is 1. The lowest BCUT2D eigenvalue weighted by atomic mass is 10.1. The highest BCUT2D eigenvalue weighted by Crippen LogP contribution is 2.26. The number of hydrogen-bond donors (Lipinski definition) is 1. The summed E-state index contributed by atoms with van der Waals surface area (Å²) < 4.78 is 29.8. The number of sulfonamides is 1. The van der Waals surface area contributed by atoms with E-state index < -0.39 is 10.0 Å². The maximum Gasteiger partial charge on any atom is 0.276 e. The molecule has 0 fully saturated rings. The minimum atomic E-state index is -3.16. The van der Waals surface area contributed by atoms with Crippen LogP contribution >= 0.6 is 11.8 Å². The van der Waals surface area contributed by atoms with E-state index in [4.69, 9.17) is 4.42 Å². The number of nitrogens with zero attached hydrogens (tertiary/aromatic N) is 2. The van der Waals surface area contributed by atoms with Gasteiger partial charge in [0.1, 0.15) is 0 Å². The molecule has 0 saturated carbocycles. The number of benzene rings is 1. The van der Waals surface area contributed by atoms with E-state index in [1.165, 1.54) is 17.3 Å². The Morgan fingerprint density at radius 3 is 2.71 bits per heavy atom. The van der Waals surface area contributed by atoms with Gasteiger partial charge in [-0.25, -0.2) is 13.1 Å². The van der Waals surface area contributed by atoms with Crippen LogP contribution in [0.5, 0.6) is 0 Å². The number of aryl methyl sites for hydroxylation is 2. The molecule has 1 aromatic heterocycles. The van der Waals surface area contributed by atoms with Gasteiger partial charge in [-0.15, -0.1) is 10.2 Å². The third kappa shape index (κ3) is 4.83. The van der Waals surface area contributed by atoms with Crippen molar-refractivity contribution in [3.8, 4) is 11.5 Å². The Morgan fingerprint density at radius 1 is 1.29 bits per heavy atom. The van der Waals surface area contributed by atoms with E-state index in [0.717, 1.165) is 17.4 Å². The maximum atomic E-state index is 10.9. The van der Waals surface area contributed by atoms with Gasteiger partial charge in [-0.05, 0) is 25.5 Å². The zero-order valence-electron chi connectivity index (χ0n) is 12.1. The first-order valence-electron chi connectivity index (χ1n) is 6.34. The molecule has 0 amide bonds. The van der Waals surface area contributed by atoms with Gasteiger partial charge in [-0.2, -0.15) is 0 Å². The molecule has 1 heterocycles. The number of thioether (sulfide) groups is 1. The summed E-state index contributed by atoms with van der Waals surface area (Å²) in [6, 6.07) is 6.01. The van der Waals surface area contributed by atoms with E-state index in [1.807, 2.05) is 26.0 Å². The predicted molar refractivity (Wildman–Crippen MR) is 82.8 cm³/mol. The summed E-state index contributed by atoms with van der Waals surface area (Å²) in [5.74, 6) is 1.01. The van der Waals surface area contributed by atoms with E-state index in [1.54, 1.807) is 0 Å². The molecule has 0 aliphatic heterocycles. The normalized spacial score (nSPS) is 11.8. The molecular formula is C13H17N3O3S2. The second-order valence-corrected chi connectivity index (χ2v) is 7.59. The average molecular weight is 327 g/mol. The first-order valence-corrected chi connectivity index (χ1v) is 9.21. The van der Waals surface area contributed by atoms with Crippen LogP contribution in [0.15, 0.2) is 27.8 Å². The van der Waals surface area contributed by atoms with Crippen LogP contribution in [0.3, 0.4) is 0 Å². The van der Waals surface area contributed by atoms with Crippen LogP contribution in [0.2, 0.25) is 0 Å². The fraction of sp³-hybridized carbons (Fsp3) is 0.385. The summed E-state index contributed by atoms with van der Waals surface area (Å²) in [6.45, 7) is 4.35. The van der Waals surface area contributed by atoms with Crippen LogP contribution in [0.25, 0.3) is 11.5 Å². The molecule has 21 heavy (non-hydrogen) atoms. The van der Waals surface area contributed by atoms with Gasteiger partial charge in [0.05, 0.1) is 6.26 Å². The fourth-order valence-electron chi connectivity index (χ4n) is 1.80. The Morgan fingerprint density at radius 2 is 2.05 bits per heavy atom. The molecule has 8 heteroatoms. The minimum absolute atomic E-state index is 0.324. The Hall–Kier alpha value is -1.38. The van der Waals surface area contributed by atoms with Crippen molar-refractivity contribution in [1.82, 2.24) is 14.9 Å². The van der Waals surface area contributed by atoms with Crippen LogP contribution in [-0.2, 0) is 10.0 Å². The minimum Gasteiger partial charge on any atom is -0.411 e. The molecule has 0 aliphatic carbocycles. The Bertz CT molecular complexity index is 726. The molecule has 0 saturated heterocycles. The summed E-state index contributed by atoms with van der Waals surface area (Å²) >= 11 is 1.32. The predicted octanol–water partition coefficient (Wildman–Crippen LogP) is 1.99. The van der Waals surface area contributed by atoms with E-state index in [9.17, 15) is 8.42 Å². The second-order valence-electron chi connectivity index (χ2n) is 4.71. The summed E-state index contributed by atoms with van der Waals surface area (Å²) in [5, 5.41) is 8.42. The molecule has 114 valence electrons. The van der Waals surface area contributed by atoms with Crippen molar-refractivity contribution in [1.29, 1.82) is 0 Å². The molecule has 0 unspecified atom stereocenters. The largest absolute Gasteiger partial charge is 0.411 e. The van der Waals surface area contributed by atoms with Crippen LogP contribution in [0.4, 0.5) is 0 Å². The molecule has 0 radical (unpaired) electrons. The first kappa shape index (κ1) is 16.0. The third-order valence-corrected chi connectivity index (χ3v) is 4.26. The van der Waals surface area contributed by atoms with Crippen molar-refractivity contribution < 1.29 is 12.8 Å². The molecule has 1 N–H and O–H groups in total. The number of hydrogen-bond acceptors (Lipinski definition) is 6. The van der Waals surface area contributed by atoms with E-state index in [-0.39, 0.29) is 0 Å². The molecule has 0 spiro atoms. The lowest BCUT2D eigenvalue weighted by Crippen LogP contribution is -2.24. The van der Waals surface area contributed by atoms with E-state index in [2.05, 4.69) is 21.0 Å². The standard InChI is InChI=1S/C13H17N3O3S2/c1-9-4-5-11(10(2)8-9)12-15-16-13(19-12)20-7-6-14-21(3,17)18/h4-5,8,14H,6-7H2,1-3H3. The lowest BCUT2D eigenvalue weighted by Gasteiger charge is -2.01. The van der Waals surface area contributed by atoms with Gasteiger partial charge in [0, 0.05) is 17.9 Å². The lowest BCUT2D eigenvalue weighted by molar-refractivity contribution is 0.465. The zero-order chi connectivity index (χ0) is 15.5. The van der Waals surface area contributed by atoms with E-state index >= 15 is 0 Å². The summed E-state index contributed by atoms with van der Waals surface area (Å²) in [5.41, 5.74) is 3.17. The number of aromatic nitrogens is 2. The van der Waals surface area contributed by atoms with Crippen molar-refractivity contribution in [2.24, 2.45) is 0 Å². The zero-order valence-corrected chi connectivity index (χ0v) is 13.7. The van der Waals surface area contributed by atoms with Crippen LogP contribution in [-0.4, -0.2) is 37.2 Å². The summed E-state index contributed by atoms with van der Waals surface area (Å²) in [4.78, 5) is 0. The monoisotopic (exact) mass is 327 g/mol. The molecule has 0 aliphatic rings. The average Bonchev–Trinajstić information content (AvgIpc) is 2.82. The molecule has 2 aromatic rings. The maximum absolute atomic E-state index is 10.9. The molecule has 2 rings (SSSR count). The second kappa shape index (κ2) is 6.59. The third-order valence-electron chi connectivity index (χ3n) is 2.71. The van der Waals surface area contributed by atoms with Crippen LogP contribution < -0.4 is 4.72 Å². The number of rotatable bonds is 6. The van der Waals surface area contributed by atoms with Gasteiger partial charge in [-0.3, -0.25) is 0 Å². The molecule has 0 atom stereocenters. The topological polar surface area (TPSA) is 85.1 Å². The smallest absolute Gasteiger partial charge is 0.276 e. The van der Waals surface area contributed by atoms with Crippen molar-refractivity contribution in [2.45, 2.75) is 19.1 Å². The highest BCUT2D eigenvalue weighted by molar-refractivity contribution is 7.99. The fourth-order valence-corrected chi connectivity index (χ4v) is 3.01.